The Balaban J connectivity index is 0.705. The van der Waals surface area contributed by atoms with E-state index in [9.17, 15) is 23.6 Å². The smallest absolute Gasteiger partial charge is 0.255 e. The van der Waals surface area contributed by atoms with Gasteiger partial charge in [-0.15, -0.1) is 0 Å². The van der Waals surface area contributed by atoms with Gasteiger partial charge in [-0.1, -0.05) is 23.7 Å². The van der Waals surface area contributed by atoms with Gasteiger partial charge in [0.05, 0.1) is 16.9 Å². The van der Waals surface area contributed by atoms with Gasteiger partial charge in [-0.05, 0) is 148 Å². The van der Waals surface area contributed by atoms with Crippen LogP contribution in [0.4, 0.5) is 44.6 Å². The summed E-state index contributed by atoms with van der Waals surface area (Å²) in [5, 5.41) is 14.9. The lowest BCUT2D eigenvalue weighted by atomic mass is 9.77. The lowest BCUT2D eigenvalue weighted by molar-refractivity contribution is -0.133. The molecule has 1 aromatic heterocycles. The molecule has 0 aliphatic carbocycles. The van der Waals surface area contributed by atoms with Gasteiger partial charge in [0.25, 0.3) is 11.8 Å². The van der Waals surface area contributed by atoms with Crippen LogP contribution in [0.25, 0.3) is 0 Å². The Labute approximate surface area is 382 Å². The van der Waals surface area contributed by atoms with Gasteiger partial charge >= 0.3 is 0 Å². The van der Waals surface area contributed by atoms with Gasteiger partial charge in [-0.2, -0.15) is 4.98 Å². The van der Waals surface area contributed by atoms with Crippen molar-refractivity contribution in [1.82, 2.24) is 25.1 Å². The normalized spacial score (nSPS) is 18.9. The van der Waals surface area contributed by atoms with E-state index in [4.69, 9.17) is 11.6 Å². The van der Waals surface area contributed by atoms with Crippen LogP contribution in [-0.4, -0.2) is 95.3 Å². The standard InChI is InChI=1S/C49H52ClFN10O4/c50-39-3-1-2-4-41(39)56-45(63)33-5-9-36(10-6-33)54-44-40(51)29-52-48(58-44)55-37-11-7-34(8-12-37)47(65)61-28-23-49(31-61)21-26-59(27-22-49)30-32-19-24-60(25-20-32)38-15-13-35(14-16-38)53-42-17-18-43(62)57-46(42)64/h1-16,29,32,42,53H,17-28,30-31H2,(H,56,63)(H,57,62,64)(H2,52,54,55,58). The molecule has 5 aromatic rings. The molecule has 1 unspecified atom stereocenters. The van der Waals surface area contributed by atoms with E-state index in [0.29, 0.717) is 52.0 Å². The summed E-state index contributed by atoms with van der Waals surface area (Å²) in [7, 11) is 0. The molecule has 0 saturated carbocycles. The minimum atomic E-state index is -0.646. The molecule has 14 nitrogen and oxygen atoms in total. The zero-order chi connectivity index (χ0) is 44.9. The molecule has 4 aromatic carbocycles. The van der Waals surface area contributed by atoms with E-state index in [1.807, 2.05) is 17.0 Å². The second-order valence-electron chi connectivity index (χ2n) is 17.6. The molecule has 16 heteroatoms. The summed E-state index contributed by atoms with van der Waals surface area (Å²) >= 11 is 6.17. The van der Waals surface area contributed by atoms with Crippen LogP contribution in [0.15, 0.2) is 103 Å². The summed E-state index contributed by atoms with van der Waals surface area (Å²) in [6.07, 6.45) is 7.44. The first-order valence-corrected chi connectivity index (χ1v) is 22.7. The van der Waals surface area contributed by atoms with Crippen LogP contribution in [0.3, 0.4) is 0 Å². The van der Waals surface area contributed by atoms with Gasteiger partial charge in [0, 0.05) is 73.0 Å². The molecule has 4 aliphatic rings. The molecule has 1 spiro atoms. The van der Waals surface area contributed by atoms with Crippen molar-refractivity contribution in [2.24, 2.45) is 11.3 Å². The number of amides is 4. The molecule has 65 heavy (non-hydrogen) atoms. The Hall–Kier alpha value is -6.58. The van der Waals surface area contributed by atoms with Crippen LogP contribution in [-0.2, 0) is 9.59 Å². The summed E-state index contributed by atoms with van der Waals surface area (Å²) in [4.78, 5) is 65.5. The molecule has 5 heterocycles. The maximum Gasteiger partial charge on any atom is 0.255 e. The molecule has 4 fully saturated rings. The number of imide groups is 1. The zero-order valence-electron chi connectivity index (χ0n) is 36.0. The van der Waals surface area contributed by atoms with E-state index in [1.54, 1.807) is 72.8 Å². The third kappa shape index (κ3) is 10.5. The monoisotopic (exact) mass is 898 g/mol. The Bertz CT molecular complexity index is 2530. The van der Waals surface area contributed by atoms with Crippen molar-refractivity contribution in [2.45, 2.75) is 51.0 Å². The fourth-order valence-corrected chi connectivity index (χ4v) is 9.57. The van der Waals surface area contributed by atoms with Gasteiger partial charge in [0.2, 0.25) is 17.8 Å². The second kappa shape index (κ2) is 19.3. The number of aromatic nitrogens is 2. The van der Waals surface area contributed by atoms with Gasteiger partial charge in [-0.25, -0.2) is 9.37 Å². The molecule has 336 valence electrons. The van der Waals surface area contributed by atoms with Crippen molar-refractivity contribution in [3.05, 3.63) is 125 Å². The Morgan fingerprint density at radius 2 is 1.45 bits per heavy atom. The van der Waals surface area contributed by atoms with Gasteiger partial charge in [-0.3, -0.25) is 24.5 Å². The molecular weight excluding hydrogens is 847 g/mol. The number of halogens is 2. The number of para-hydroxylation sites is 1. The number of carbonyl (C=O) groups excluding carboxylic acids is 4. The minimum absolute atomic E-state index is 0.0275. The highest BCUT2D eigenvalue weighted by atomic mass is 35.5. The van der Waals surface area contributed by atoms with Crippen LogP contribution >= 0.6 is 11.6 Å². The number of hydrogen-bond acceptors (Lipinski definition) is 11. The van der Waals surface area contributed by atoms with Crippen molar-refractivity contribution >= 4 is 75.4 Å². The summed E-state index contributed by atoms with van der Waals surface area (Å²) in [5.41, 5.74) is 4.93. The number of piperidine rings is 3. The first-order valence-electron chi connectivity index (χ1n) is 22.3. The summed E-state index contributed by atoms with van der Waals surface area (Å²) in [6.45, 7) is 6.79. The van der Waals surface area contributed by atoms with Gasteiger partial charge < -0.3 is 36.0 Å². The van der Waals surface area contributed by atoms with Crippen LogP contribution in [0, 0.1) is 17.2 Å². The lowest BCUT2D eigenvalue weighted by Crippen LogP contribution is -2.47. The molecule has 4 saturated heterocycles. The van der Waals surface area contributed by atoms with Gasteiger partial charge in [0.1, 0.15) is 6.04 Å². The largest absolute Gasteiger partial charge is 0.374 e. The highest BCUT2D eigenvalue weighted by molar-refractivity contribution is 6.33. The second-order valence-corrected chi connectivity index (χ2v) is 18.0. The number of nitrogens with zero attached hydrogens (tertiary/aromatic N) is 5. The minimum Gasteiger partial charge on any atom is -0.374 e. The predicted octanol–water partition coefficient (Wildman–Crippen LogP) is 8.07. The van der Waals surface area contributed by atoms with E-state index < -0.39 is 5.82 Å². The maximum absolute atomic E-state index is 14.8. The van der Waals surface area contributed by atoms with E-state index in [2.05, 4.69) is 58.5 Å². The van der Waals surface area contributed by atoms with Gasteiger partial charge in [0.15, 0.2) is 11.6 Å². The highest BCUT2D eigenvalue weighted by Crippen LogP contribution is 2.41. The number of benzene rings is 4. The SMILES string of the molecule is O=C1CCC(Nc2ccc(N3CCC(CN4CCC5(CC4)CCN(C(=O)c4ccc(Nc6ncc(F)c(Nc7ccc(C(=O)Nc8ccccc8Cl)cc7)n6)cc4)C5)CC3)cc2)C(=O)N1. The third-order valence-corrected chi connectivity index (χ3v) is 13.6. The Morgan fingerprint density at radius 1 is 0.785 bits per heavy atom. The van der Waals surface area contributed by atoms with E-state index in [-0.39, 0.29) is 46.9 Å². The van der Waals surface area contributed by atoms with Crippen LogP contribution in [0.5, 0.6) is 0 Å². The molecule has 1 atom stereocenters. The Morgan fingerprint density at radius 3 is 2.15 bits per heavy atom. The number of carbonyl (C=O) groups is 4. The summed E-state index contributed by atoms with van der Waals surface area (Å²) in [5.74, 6) is -0.631. The van der Waals surface area contributed by atoms with Crippen LogP contribution < -0.4 is 31.5 Å². The molecule has 4 amide bonds. The third-order valence-electron chi connectivity index (χ3n) is 13.2. The van der Waals surface area contributed by atoms with Crippen LogP contribution in [0.2, 0.25) is 5.02 Å². The number of anilines is 7. The van der Waals surface area contributed by atoms with Crippen molar-refractivity contribution in [3.8, 4) is 0 Å². The lowest BCUT2D eigenvalue weighted by Gasteiger charge is -2.42. The summed E-state index contributed by atoms with van der Waals surface area (Å²) < 4.78 is 14.8. The average Bonchev–Trinajstić information content (AvgIpc) is 3.74. The van der Waals surface area contributed by atoms with Crippen molar-refractivity contribution in [2.75, 3.05) is 72.0 Å². The number of rotatable bonds is 12. The topological polar surface area (TPSA) is 164 Å². The summed E-state index contributed by atoms with van der Waals surface area (Å²) in [6, 6.07) is 28.6. The maximum atomic E-state index is 14.8. The van der Waals surface area contributed by atoms with Crippen molar-refractivity contribution in [1.29, 1.82) is 0 Å². The molecule has 5 N–H and O–H groups in total. The molecule has 9 rings (SSSR count). The van der Waals surface area contributed by atoms with Crippen LogP contribution in [0.1, 0.15) is 65.7 Å². The van der Waals surface area contributed by atoms with Crippen molar-refractivity contribution < 1.29 is 23.6 Å². The molecule has 0 radical (unpaired) electrons. The molecule has 0 bridgehead atoms. The molecular formula is C49H52ClFN10O4. The quantitative estimate of drug-likeness (QED) is 0.0770. The first kappa shape index (κ1) is 43.7. The average molecular weight is 899 g/mol. The fourth-order valence-electron chi connectivity index (χ4n) is 9.39. The highest BCUT2D eigenvalue weighted by Gasteiger charge is 2.42. The molecule has 4 aliphatic heterocycles. The predicted molar refractivity (Wildman–Crippen MR) is 251 cm³/mol. The van der Waals surface area contributed by atoms with E-state index >= 15 is 0 Å². The van der Waals surface area contributed by atoms with E-state index in [1.165, 1.54) is 5.69 Å². The Kier molecular flexibility index (Phi) is 12.9. The van der Waals surface area contributed by atoms with E-state index in [0.717, 1.165) is 89.8 Å². The van der Waals surface area contributed by atoms with Crippen molar-refractivity contribution in [3.63, 3.8) is 0 Å². The fraction of sp³-hybridized carbons (Fsp3) is 0.347. The first-order chi connectivity index (χ1) is 31.5. The number of likely N-dealkylation sites (tertiary alicyclic amines) is 2. The number of hydrogen-bond donors (Lipinski definition) is 5. The zero-order valence-corrected chi connectivity index (χ0v) is 36.8. The number of nitrogens with one attached hydrogen (secondary N) is 5.